The van der Waals surface area contributed by atoms with Crippen molar-refractivity contribution < 1.29 is 24.2 Å². The van der Waals surface area contributed by atoms with Gasteiger partial charge in [0.2, 0.25) is 11.8 Å². The van der Waals surface area contributed by atoms with E-state index in [1.165, 1.54) is 0 Å². The number of hydrogen-bond donors (Lipinski definition) is 1. The Morgan fingerprint density at radius 2 is 1.77 bits per heavy atom. The third-order valence-corrected chi connectivity index (χ3v) is 11.1. The summed E-state index contributed by atoms with van der Waals surface area (Å²) in [6, 6.07) is 14.1. The number of hydrogen-bond acceptors (Lipinski definition) is 5. The second kappa shape index (κ2) is 13.8. The Hall–Kier alpha value is -3.75. The third kappa shape index (κ3) is 5.73. The molecule has 2 aromatic rings. The van der Waals surface area contributed by atoms with Crippen LogP contribution in [0.4, 0.5) is 5.69 Å². The number of fused-ring (bicyclic) bond motifs is 1. The fraction of sp³-hybridized carbons (Fsp3) is 0.513. The van der Waals surface area contributed by atoms with Crippen LogP contribution in [0.25, 0.3) is 0 Å². The molecule has 2 unspecified atom stereocenters. The van der Waals surface area contributed by atoms with Crippen molar-refractivity contribution in [1.29, 1.82) is 0 Å². The van der Waals surface area contributed by atoms with Crippen molar-refractivity contribution in [3.8, 4) is 0 Å². The summed E-state index contributed by atoms with van der Waals surface area (Å²) in [5, 5.41) is 10.8. The smallest absolute Gasteiger partial charge is 0.253 e. The van der Waals surface area contributed by atoms with Crippen LogP contribution in [-0.4, -0.2) is 75.6 Å². The highest BCUT2D eigenvalue weighted by molar-refractivity contribution is 6.05. The van der Waals surface area contributed by atoms with E-state index in [4.69, 9.17) is 4.74 Å². The molecule has 7 atom stereocenters. The molecule has 8 heteroatoms. The molecule has 0 aliphatic carbocycles. The van der Waals surface area contributed by atoms with Crippen molar-refractivity contribution >= 4 is 23.4 Å². The fourth-order valence-electron chi connectivity index (χ4n) is 8.47. The molecular weight excluding hydrogens is 590 g/mol. The molecule has 252 valence electrons. The van der Waals surface area contributed by atoms with Crippen molar-refractivity contribution in [2.24, 2.45) is 17.8 Å². The monoisotopic (exact) mass is 641 g/mol. The Kier molecular flexibility index (Phi) is 10.1. The van der Waals surface area contributed by atoms with Gasteiger partial charge in [0.15, 0.2) is 0 Å². The van der Waals surface area contributed by atoms with Crippen LogP contribution in [0, 0.1) is 31.6 Å². The van der Waals surface area contributed by atoms with Crippen LogP contribution in [0.1, 0.15) is 63.1 Å². The van der Waals surface area contributed by atoms with Crippen LogP contribution in [-0.2, 0) is 25.7 Å². The highest BCUT2D eigenvalue weighted by Crippen LogP contribution is 2.65. The van der Waals surface area contributed by atoms with E-state index in [9.17, 15) is 9.90 Å². The van der Waals surface area contributed by atoms with Crippen LogP contribution < -0.4 is 4.90 Å². The first-order valence-electron chi connectivity index (χ1n) is 17.1. The first-order valence-corrected chi connectivity index (χ1v) is 17.1. The lowest BCUT2D eigenvalue weighted by molar-refractivity contribution is -0.154. The lowest BCUT2D eigenvalue weighted by atomic mass is 9.64. The molecule has 3 heterocycles. The molecule has 2 aromatic carbocycles. The topological polar surface area (TPSA) is 90.4 Å². The van der Waals surface area contributed by atoms with Gasteiger partial charge >= 0.3 is 0 Å². The lowest BCUT2D eigenvalue weighted by Gasteiger charge is -2.41. The number of aryl methyl sites for hydroxylation is 2. The quantitative estimate of drug-likeness (QED) is 0.272. The SMILES string of the molecule is C=CCN(Cc1ccccc1)C(=O)[C@H]1[C@H]2C(=O)N([C@@H](CO)[C@@H](C)CC)C(C(=O)N(CC=C)c3cc(C)ccc3C)C23CC[C@]1(CC)O3. The van der Waals surface area contributed by atoms with E-state index in [0.29, 0.717) is 38.8 Å². The first kappa shape index (κ1) is 34.6. The zero-order valence-electron chi connectivity index (χ0n) is 28.7. The number of carbonyl (C=O) groups is 3. The predicted molar refractivity (Wildman–Crippen MR) is 185 cm³/mol. The molecular formula is C39H51N3O5. The summed E-state index contributed by atoms with van der Waals surface area (Å²) in [4.78, 5) is 50.1. The molecule has 0 aromatic heterocycles. The maximum absolute atomic E-state index is 15.2. The Morgan fingerprint density at radius 1 is 1.06 bits per heavy atom. The first-order chi connectivity index (χ1) is 22.5. The van der Waals surface area contributed by atoms with Crippen molar-refractivity contribution in [3.63, 3.8) is 0 Å². The van der Waals surface area contributed by atoms with Gasteiger partial charge in [0.1, 0.15) is 11.6 Å². The molecule has 2 bridgehead atoms. The van der Waals surface area contributed by atoms with Gasteiger partial charge in [-0.05, 0) is 61.8 Å². The summed E-state index contributed by atoms with van der Waals surface area (Å²) < 4.78 is 7.10. The normalized spacial score (nSPS) is 27.3. The molecule has 0 saturated carbocycles. The zero-order chi connectivity index (χ0) is 34.1. The molecule has 3 saturated heterocycles. The average molecular weight is 642 g/mol. The summed E-state index contributed by atoms with van der Waals surface area (Å²) >= 11 is 0. The summed E-state index contributed by atoms with van der Waals surface area (Å²) in [5.41, 5.74) is 1.56. The number of nitrogens with zero attached hydrogens (tertiary/aromatic N) is 3. The largest absolute Gasteiger partial charge is 0.394 e. The molecule has 3 aliphatic rings. The second-order valence-electron chi connectivity index (χ2n) is 13.7. The van der Waals surface area contributed by atoms with Gasteiger partial charge in [-0.15, -0.1) is 13.2 Å². The van der Waals surface area contributed by atoms with Crippen molar-refractivity contribution in [2.45, 2.75) is 90.1 Å². The Morgan fingerprint density at radius 3 is 2.38 bits per heavy atom. The summed E-state index contributed by atoms with van der Waals surface area (Å²) in [5.74, 6) is -2.45. The van der Waals surface area contributed by atoms with E-state index in [2.05, 4.69) is 13.2 Å². The Balaban J connectivity index is 1.66. The number of likely N-dealkylation sites (tertiary alicyclic amines) is 1. The van der Waals surface area contributed by atoms with Gasteiger partial charge in [0, 0.05) is 25.3 Å². The van der Waals surface area contributed by atoms with Crippen molar-refractivity contribution in [2.75, 3.05) is 24.6 Å². The second-order valence-corrected chi connectivity index (χ2v) is 13.7. The van der Waals surface area contributed by atoms with E-state index in [1.807, 2.05) is 83.1 Å². The molecule has 5 rings (SSSR count). The maximum atomic E-state index is 15.2. The van der Waals surface area contributed by atoms with Gasteiger partial charge < -0.3 is 24.5 Å². The standard InChI is InChI=1S/C39H51N3O5/c1-8-21-40(24-29-15-13-12-14-16-29)35(44)32-33-36(45)42(31(25-43)27(6)10-3)34(39(33)20-19-38(32,11-4)47-39)37(46)41(22-9-2)30-23-26(5)17-18-28(30)7/h8-9,12-18,23,27,31-34,43H,1-2,10-11,19-22,24-25H2,3-7H3/t27-,31-,32+,33-,34?,38-,39?/m0/s1. The summed E-state index contributed by atoms with van der Waals surface area (Å²) in [6.45, 7) is 18.5. The highest BCUT2D eigenvalue weighted by atomic mass is 16.5. The summed E-state index contributed by atoms with van der Waals surface area (Å²) in [6.07, 6.45) is 5.67. The van der Waals surface area contributed by atoms with E-state index in [0.717, 1.165) is 22.4 Å². The number of anilines is 1. The van der Waals surface area contributed by atoms with E-state index >= 15 is 9.59 Å². The van der Waals surface area contributed by atoms with E-state index < -0.39 is 35.1 Å². The number of aliphatic hydroxyl groups is 1. The molecule has 3 fully saturated rings. The minimum atomic E-state index is -1.21. The molecule has 0 radical (unpaired) electrons. The number of ether oxygens (including phenoxy) is 1. The number of carbonyl (C=O) groups excluding carboxylic acids is 3. The summed E-state index contributed by atoms with van der Waals surface area (Å²) in [7, 11) is 0. The Bertz CT molecular complexity index is 1510. The molecule has 1 N–H and O–H groups in total. The predicted octanol–water partition coefficient (Wildman–Crippen LogP) is 5.60. The lowest BCUT2D eigenvalue weighted by Crippen LogP contribution is -2.60. The van der Waals surface area contributed by atoms with Crippen LogP contribution in [0.3, 0.4) is 0 Å². The average Bonchev–Trinajstić information content (AvgIpc) is 3.68. The minimum absolute atomic E-state index is 0.0927. The molecule has 3 aliphatic heterocycles. The fourth-order valence-corrected chi connectivity index (χ4v) is 8.47. The minimum Gasteiger partial charge on any atom is -0.394 e. The number of aliphatic hydroxyl groups excluding tert-OH is 1. The molecule has 3 amide bonds. The van der Waals surface area contributed by atoms with E-state index in [-0.39, 0.29) is 36.8 Å². The zero-order valence-corrected chi connectivity index (χ0v) is 28.7. The number of amides is 3. The van der Waals surface area contributed by atoms with Crippen LogP contribution in [0.2, 0.25) is 0 Å². The highest BCUT2D eigenvalue weighted by Gasteiger charge is 2.79. The maximum Gasteiger partial charge on any atom is 0.253 e. The van der Waals surface area contributed by atoms with Gasteiger partial charge in [-0.3, -0.25) is 14.4 Å². The molecule has 1 spiro atoms. The van der Waals surface area contributed by atoms with Gasteiger partial charge in [-0.1, -0.05) is 81.8 Å². The van der Waals surface area contributed by atoms with Crippen LogP contribution in [0.5, 0.6) is 0 Å². The number of benzene rings is 2. The van der Waals surface area contributed by atoms with Gasteiger partial charge in [0.05, 0.1) is 30.1 Å². The van der Waals surface area contributed by atoms with Crippen molar-refractivity contribution in [3.05, 3.63) is 90.5 Å². The van der Waals surface area contributed by atoms with Gasteiger partial charge in [0.25, 0.3) is 5.91 Å². The van der Waals surface area contributed by atoms with Gasteiger partial charge in [-0.2, -0.15) is 0 Å². The van der Waals surface area contributed by atoms with Gasteiger partial charge in [-0.25, -0.2) is 0 Å². The van der Waals surface area contributed by atoms with Crippen LogP contribution >= 0.6 is 0 Å². The Labute approximate surface area is 280 Å². The van der Waals surface area contributed by atoms with E-state index in [1.54, 1.807) is 26.9 Å². The molecule has 8 nitrogen and oxygen atoms in total. The molecule has 47 heavy (non-hydrogen) atoms. The van der Waals surface area contributed by atoms with Crippen molar-refractivity contribution in [1.82, 2.24) is 9.80 Å². The third-order valence-electron chi connectivity index (χ3n) is 11.1. The van der Waals surface area contributed by atoms with Crippen LogP contribution in [0.15, 0.2) is 73.8 Å². The number of rotatable bonds is 14.